The molecule has 6 nitrogen and oxygen atoms in total. The van der Waals surface area contributed by atoms with Crippen LogP contribution in [0.15, 0.2) is 42.7 Å². The molecule has 0 saturated carbocycles. The molecule has 124 valence electrons. The summed E-state index contributed by atoms with van der Waals surface area (Å²) in [5, 5.41) is 3.97. The fraction of sp³-hybridized carbons (Fsp3) is 0.438. The molecule has 2 aromatic rings. The van der Waals surface area contributed by atoms with Gasteiger partial charge < -0.3 is 0 Å². The lowest BCUT2D eigenvalue weighted by molar-refractivity contribution is 0.330. The van der Waals surface area contributed by atoms with Crippen molar-refractivity contribution in [2.45, 2.75) is 25.1 Å². The monoisotopic (exact) mass is 334 g/mol. The van der Waals surface area contributed by atoms with Crippen molar-refractivity contribution < 1.29 is 8.42 Å². The summed E-state index contributed by atoms with van der Waals surface area (Å²) in [6.07, 6.45) is 4.35. The van der Waals surface area contributed by atoms with Gasteiger partial charge in [0, 0.05) is 32.0 Å². The molecule has 1 aliphatic rings. The molecule has 0 unspecified atom stereocenters. The van der Waals surface area contributed by atoms with Crippen molar-refractivity contribution in [3.05, 3.63) is 48.3 Å². The number of para-hydroxylation sites is 1. The van der Waals surface area contributed by atoms with Gasteiger partial charge in [0.25, 0.3) is 0 Å². The van der Waals surface area contributed by atoms with Gasteiger partial charge in [-0.1, -0.05) is 25.1 Å². The Labute approximate surface area is 137 Å². The van der Waals surface area contributed by atoms with Gasteiger partial charge in [0.05, 0.1) is 10.9 Å². The first kappa shape index (κ1) is 16.2. The Kier molecular flexibility index (Phi) is 4.79. The molecule has 7 heteroatoms. The number of aromatic nitrogens is 2. The van der Waals surface area contributed by atoms with E-state index in [2.05, 4.69) is 20.8 Å². The van der Waals surface area contributed by atoms with E-state index in [4.69, 9.17) is 0 Å². The van der Waals surface area contributed by atoms with Gasteiger partial charge in [-0.2, -0.15) is 5.10 Å². The third-order valence-corrected chi connectivity index (χ3v) is 6.10. The second kappa shape index (κ2) is 6.82. The Hall–Kier alpha value is -1.70. The first-order chi connectivity index (χ1) is 11.1. The van der Waals surface area contributed by atoms with Crippen LogP contribution in [0.4, 0.5) is 0 Å². The lowest BCUT2D eigenvalue weighted by Crippen LogP contribution is -2.36. The van der Waals surface area contributed by atoms with Crippen LogP contribution in [0.5, 0.6) is 0 Å². The average Bonchev–Trinajstić information content (AvgIpc) is 3.19. The molecule has 1 fully saturated rings. The van der Waals surface area contributed by atoms with Crippen molar-refractivity contribution in [3.63, 3.8) is 0 Å². The van der Waals surface area contributed by atoms with Crippen molar-refractivity contribution in [1.29, 1.82) is 0 Å². The SMILES string of the molecule is CCNS(=O)(=O)[C@H]1CCN(Cc2ccccc2-n2cccn2)C1. The summed E-state index contributed by atoms with van der Waals surface area (Å²) in [4.78, 5) is 2.20. The highest BCUT2D eigenvalue weighted by molar-refractivity contribution is 7.90. The van der Waals surface area contributed by atoms with E-state index in [9.17, 15) is 8.42 Å². The predicted octanol–water partition coefficient (Wildman–Crippen LogP) is 1.39. The van der Waals surface area contributed by atoms with E-state index >= 15 is 0 Å². The normalized spacial score (nSPS) is 19.3. The zero-order valence-corrected chi connectivity index (χ0v) is 14.0. The van der Waals surface area contributed by atoms with Crippen molar-refractivity contribution in [2.24, 2.45) is 0 Å². The number of nitrogens with zero attached hydrogens (tertiary/aromatic N) is 3. The maximum absolute atomic E-state index is 12.1. The van der Waals surface area contributed by atoms with Crippen LogP contribution in [-0.2, 0) is 16.6 Å². The van der Waals surface area contributed by atoms with Crippen LogP contribution < -0.4 is 4.72 Å². The third-order valence-electron chi connectivity index (χ3n) is 4.15. The molecule has 1 aromatic heterocycles. The summed E-state index contributed by atoms with van der Waals surface area (Å²) < 4.78 is 28.7. The highest BCUT2D eigenvalue weighted by Gasteiger charge is 2.32. The standard InChI is InChI=1S/C16H22N4O2S/c1-2-18-23(21,22)15-8-11-19(13-15)12-14-6-3-4-7-16(14)20-10-5-9-17-20/h3-7,9-10,15,18H,2,8,11-13H2,1H3/t15-/m0/s1. The van der Waals surface area contributed by atoms with Gasteiger partial charge >= 0.3 is 0 Å². The Bertz CT molecular complexity index is 743. The first-order valence-electron chi connectivity index (χ1n) is 7.89. The number of sulfonamides is 1. The van der Waals surface area contributed by atoms with Crippen molar-refractivity contribution in [1.82, 2.24) is 19.4 Å². The van der Waals surface area contributed by atoms with Gasteiger partial charge in [0.1, 0.15) is 0 Å². The average molecular weight is 334 g/mol. The molecule has 0 radical (unpaired) electrons. The maximum atomic E-state index is 12.1. The Morgan fingerprint density at radius 1 is 1.30 bits per heavy atom. The molecule has 2 heterocycles. The number of hydrogen-bond donors (Lipinski definition) is 1. The van der Waals surface area contributed by atoms with E-state index in [1.54, 1.807) is 6.20 Å². The first-order valence-corrected chi connectivity index (χ1v) is 9.43. The molecule has 0 aliphatic carbocycles. The molecule has 1 atom stereocenters. The molecule has 1 aromatic carbocycles. The molecular formula is C16H22N4O2S. The molecule has 23 heavy (non-hydrogen) atoms. The van der Waals surface area contributed by atoms with Crippen molar-refractivity contribution in [3.8, 4) is 5.69 Å². The van der Waals surface area contributed by atoms with E-state index in [0.29, 0.717) is 19.5 Å². The largest absolute Gasteiger partial charge is 0.298 e. The smallest absolute Gasteiger partial charge is 0.215 e. The molecular weight excluding hydrogens is 312 g/mol. The van der Waals surface area contributed by atoms with E-state index in [0.717, 1.165) is 24.3 Å². The molecule has 0 bridgehead atoms. The number of likely N-dealkylation sites (tertiary alicyclic amines) is 1. The zero-order valence-electron chi connectivity index (χ0n) is 13.2. The minimum Gasteiger partial charge on any atom is -0.298 e. The molecule has 1 aliphatic heterocycles. The molecule has 3 rings (SSSR count). The van der Waals surface area contributed by atoms with Crippen LogP contribution in [0.2, 0.25) is 0 Å². The van der Waals surface area contributed by atoms with Gasteiger partial charge in [0.15, 0.2) is 0 Å². The van der Waals surface area contributed by atoms with Gasteiger partial charge in [-0.25, -0.2) is 17.8 Å². The minimum absolute atomic E-state index is 0.320. The van der Waals surface area contributed by atoms with Gasteiger partial charge in [-0.15, -0.1) is 0 Å². The summed E-state index contributed by atoms with van der Waals surface area (Å²) in [6, 6.07) is 9.99. The summed E-state index contributed by atoms with van der Waals surface area (Å²) in [6.45, 7) is 4.35. The molecule has 1 saturated heterocycles. The van der Waals surface area contributed by atoms with E-state index < -0.39 is 10.0 Å². The van der Waals surface area contributed by atoms with Crippen LogP contribution in [0.25, 0.3) is 5.69 Å². The van der Waals surface area contributed by atoms with Crippen LogP contribution in [0.1, 0.15) is 18.9 Å². The number of nitrogens with one attached hydrogen (secondary N) is 1. The highest BCUT2D eigenvalue weighted by Crippen LogP contribution is 2.21. The van der Waals surface area contributed by atoms with Gasteiger partial charge in [0.2, 0.25) is 10.0 Å². The summed E-state index contributed by atoms with van der Waals surface area (Å²) >= 11 is 0. The van der Waals surface area contributed by atoms with E-state index in [1.165, 1.54) is 0 Å². The van der Waals surface area contributed by atoms with Crippen LogP contribution >= 0.6 is 0 Å². The highest BCUT2D eigenvalue weighted by atomic mass is 32.2. The number of hydrogen-bond acceptors (Lipinski definition) is 4. The lowest BCUT2D eigenvalue weighted by atomic mass is 10.1. The minimum atomic E-state index is -3.20. The van der Waals surface area contributed by atoms with Gasteiger partial charge in [-0.3, -0.25) is 4.90 Å². The second-order valence-corrected chi connectivity index (χ2v) is 7.81. The lowest BCUT2D eigenvalue weighted by Gasteiger charge is -2.18. The quantitative estimate of drug-likeness (QED) is 0.867. The Balaban J connectivity index is 1.72. The topological polar surface area (TPSA) is 67.2 Å². The Morgan fingerprint density at radius 3 is 2.87 bits per heavy atom. The molecule has 1 N–H and O–H groups in total. The predicted molar refractivity (Wildman–Crippen MR) is 89.8 cm³/mol. The Morgan fingerprint density at radius 2 is 2.13 bits per heavy atom. The third kappa shape index (κ3) is 3.63. The zero-order chi connectivity index (χ0) is 16.3. The van der Waals surface area contributed by atoms with Gasteiger partial charge in [-0.05, 0) is 30.7 Å². The maximum Gasteiger partial charge on any atom is 0.215 e. The van der Waals surface area contributed by atoms with E-state index in [1.807, 2.05) is 42.1 Å². The van der Waals surface area contributed by atoms with Crippen LogP contribution in [0.3, 0.4) is 0 Å². The van der Waals surface area contributed by atoms with E-state index in [-0.39, 0.29) is 5.25 Å². The second-order valence-electron chi connectivity index (χ2n) is 5.77. The fourth-order valence-corrected chi connectivity index (χ4v) is 4.49. The molecule has 0 spiro atoms. The van der Waals surface area contributed by atoms with Crippen molar-refractivity contribution in [2.75, 3.05) is 19.6 Å². The molecule has 0 amide bonds. The van der Waals surface area contributed by atoms with Crippen LogP contribution in [0, 0.1) is 0 Å². The summed E-state index contributed by atoms with van der Waals surface area (Å²) in [7, 11) is -3.20. The van der Waals surface area contributed by atoms with Crippen molar-refractivity contribution >= 4 is 10.0 Å². The summed E-state index contributed by atoms with van der Waals surface area (Å²) in [5.41, 5.74) is 2.19. The fourth-order valence-electron chi connectivity index (χ4n) is 3.03. The number of benzene rings is 1. The number of rotatable bonds is 6. The van der Waals surface area contributed by atoms with Crippen LogP contribution in [-0.4, -0.2) is 48.0 Å². The summed E-state index contributed by atoms with van der Waals surface area (Å²) in [5.74, 6) is 0.